The van der Waals surface area contributed by atoms with E-state index in [1.165, 1.54) is 23.9 Å². The summed E-state index contributed by atoms with van der Waals surface area (Å²) in [5, 5.41) is 11.6. The molecule has 1 fully saturated rings. The van der Waals surface area contributed by atoms with E-state index in [1.807, 2.05) is 59.3 Å². The molecule has 1 aliphatic heterocycles. The molecule has 0 bridgehead atoms. The van der Waals surface area contributed by atoms with Crippen LogP contribution in [-0.2, 0) is 9.53 Å². The van der Waals surface area contributed by atoms with Crippen LogP contribution in [0, 0.1) is 10.1 Å². The first-order valence-corrected chi connectivity index (χ1v) is 11.1. The number of non-ortho nitro benzene ring substituents is 1. The average molecular weight is 463 g/mol. The van der Waals surface area contributed by atoms with Gasteiger partial charge in [0.2, 0.25) is 0 Å². The SMILES string of the molecule is COCCCN1C(=O)/C(=C/c2cccn2-c2ccc([N+](=O)[O-])cc2)SC1=Nc1ccccc1. The number of benzene rings is 2. The summed E-state index contributed by atoms with van der Waals surface area (Å²) in [4.78, 5) is 30.7. The number of amides is 1. The van der Waals surface area contributed by atoms with Crippen LogP contribution in [0.5, 0.6) is 0 Å². The van der Waals surface area contributed by atoms with Crippen molar-refractivity contribution >= 4 is 40.3 Å². The van der Waals surface area contributed by atoms with Gasteiger partial charge in [0.25, 0.3) is 11.6 Å². The number of carbonyl (C=O) groups excluding carboxylic acids is 1. The van der Waals surface area contributed by atoms with E-state index in [1.54, 1.807) is 24.1 Å². The molecule has 4 rings (SSSR count). The summed E-state index contributed by atoms with van der Waals surface area (Å²) in [7, 11) is 1.64. The van der Waals surface area contributed by atoms with Crippen LogP contribution in [0.3, 0.4) is 0 Å². The zero-order chi connectivity index (χ0) is 23.2. The summed E-state index contributed by atoms with van der Waals surface area (Å²) in [6.07, 6.45) is 4.38. The second kappa shape index (κ2) is 10.3. The Kier molecular flexibility index (Phi) is 7.01. The second-order valence-corrected chi connectivity index (χ2v) is 8.23. The standard InChI is InChI=1S/C24H22N4O4S/c1-32-16-6-15-27-23(29)22(33-24(27)25-18-7-3-2-4-8-18)17-21-9-5-14-26(21)19-10-12-20(13-11-19)28(30)31/h2-5,7-14,17H,6,15-16H2,1H3/b22-17-,25-24?. The maximum absolute atomic E-state index is 13.2. The Morgan fingerprint density at radius 3 is 2.55 bits per heavy atom. The number of ether oxygens (including phenoxy) is 1. The predicted octanol–water partition coefficient (Wildman–Crippen LogP) is 5.03. The molecule has 1 amide bonds. The normalized spacial score (nSPS) is 16.2. The maximum atomic E-state index is 13.2. The highest BCUT2D eigenvalue weighted by Gasteiger charge is 2.33. The third kappa shape index (κ3) is 5.21. The van der Waals surface area contributed by atoms with Gasteiger partial charge in [-0.1, -0.05) is 18.2 Å². The predicted molar refractivity (Wildman–Crippen MR) is 130 cm³/mol. The number of thioether (sulfide) groups is 1. The second-order valence-electron chi connectivity index (χ2n) is 7.22. The molecule has 2 aromatic carbocycles. The molecule has 0 aliphatic carbocycles. The van der Waals surface area contributed by atoms with E-state index in [0.29, 0.717) is 29.6 Å². The van der Waals surface area contributed by atoms with Crippen molar-refractivity contribution in [3.63, 3.8) is 0 Å². The van der Waals surface area contributed by atoms with E-state index >= 15 is 0 Å². The van der Waals surface area contributed by atoms with Crippen molar-refractivity contribution in [2.24, 2.45) is 4.99 Å². The van der Waals surface area contributed by atoms with Crippen LogP contribution in [0.1, 0.15) is 12.1 Å². The van der Waals surface area contributed by atoms with E-state index in [2.05, 4.69) is 4.99 Å². The summed E-state index contributed by atoms with van der Waals surface area (Å²) in [5.41, 5.74) is 2.36. The van der Waals surface area contributed by atoms with Crippen molar-refractivity contribution in [2.45, 2.75) is 6.42 Å². The van der Waals surface area contributed by atoms with E-state index in [9.17, 15) is 14.9 Å². The Morgan fingerprint density at radius 1 is 1.09 bits per heavy atom. The Hall–Kier alpha value is -3.69. The number of rotatable bonds is 8. The number of aromatic nitrogens is 1. The van der Waals surface area contributed by atoms with Crippen LogP contribution in [0.25, 0.3) is 11.8 Å². The largest absolute Gasteiger partial charge is 0.385 e. The first kappa shape index (κ1) is 22.5. The minimum absolute atomic E-state index is 0.0285. The molecule has 0 unspecified atom stereocenters. The van der Waals surface area contributed by atoms with Crippen molar-refractivity contribution in [3.8, 4) is 5.69 Å². The van der Waals surface area contributed by atoms with Crippen molar-refractivity contribution in [1.29, 1.82) is 0 Å². The number of hydrogen-bond donors (Lipinski definition) is 0. The lowest BCUT2D eigenvalue weighted by Crippen LogP contribution is -2.30. The van der Waals surface area contributed by atoms with Gasteiger partial charge < -0.3 is 9.30 Å². The number of nitrogens with zero attached hydrogens (tertiary/aromatic N) is 4. The topological polar surface area (TPSA) is 90.0 Å². The van der Waals surface area contributed by atoms with Crippen molar-refractivity contribution < 1.29 is 14.5 Å². The number of nitro benzene ring substituents is 1. The monoisotopic (exact) mass is 462 g/mol. The van der Waals surface area contributed by atoms with E-state index in [0.717, 1.165) is 17.1 Å². The summed E-state index contributed by atoms with van der Waals surface area (Å²) in [6.45, 7) is 1.06. The third-order valence-corrected chi connectivity index (χ3v) is 6.00. The number of amidine groups is 1. The number of hydrogen-bond acceptors (Lipinski definition) is 6. The molecule has 2 heterocycles. The van der Waals surface area contributed by atoms with E-state index in [-0.39, 0.29) is 11.6 Å². The van der Waals surface area contributed by atoms with Crippen LogP contribution in [0.2, 0.25) is 0 Å². The molecule has 0 N–H and O–H groups in total. The lowest BCUT2D eigenvalue weighted by molar-refractivity contribution is -0.384. The first-order valence-electron chi connectivity index (χ1n) is 10.3. The van der Waals surface area contributed by atoms with Crippen LogP contribution in [0.15, 0.2) is 82.8 Å². The van der Waals surface area contributed by atoms with Gasteiger partial charge in [0.15, 0.2) is 5.17 Å². The van der Waals surface area contributed by atoms with Gasteiger partial charge >= 0.3 is 0 Å². The van der Waals surface area contributed by atoms with Gasteiger partial charge in [-0.15, -0.1) is 0 Å². The summed E-state index contributed by atoms with van der Waals surface area (Å²) >= 11 is 1.33. The minimum Gasteiger partial charge on any atom is -0.385 e. The molecule has 0 radical (unpaired) electrons. The summed E-state index contributed by atoms with van der Waals surface area (Å²) < 4.78 is 7.03. The molecular formula is C24H22N4O4S. The first-order chi connectivity index (χ1) is 16.1. The van der Waals surface area contributed by atoms with Crippen molar-refractivity contribution in [1.82, 2.24) is 9.47 Å². The molecule has 1 aliphatic rings. The van der Waals surface area contributed by atoms with Gasteiger partial charge in [-0.05, 0) is 60.7 Å². The van der Waals surface area contributed by atoms with Crippen molar-refractivity contribution in [3.05, 3.63) is 93.6 Å². The van der Waals surface area contributed by atoms with Crippen LogP contribution in [-0.4, -0.2) is 45.7 Å². The summed E-state index contributed by atoms with van der Waals surface area (Å²) in [6, 6.07) is 19.6. The molecule has 0 spiro atoms. The van der Waals surface area contributed by atoms with Gasteiger partial charge in [-0.2, -0.15) is 0 Å². The van der Waals surface area contributed by atoms with Gasteiger partial charge in [0, 0.05) is 50.0 Å². The third-order valence-electron chi connectivity index (χ3n) is 5.00. The highest BCUT2D eigenvalue weighted by atomic mass is 32.2. The summed E-state index contributed by atoms with van der Waals surface area (Å²) in [5.74, 6) is -0.109. The fourth-order valence-electron chi connectivity index (χ4n) is 3.38. The van der Waals surface area contributed by atoms with Gasteiger partial charge in [-0.3, -0.25) is 19.8 Å². The molecule has 1 aromatic heterocycles. The highest BCUT2D eigenvalue weighted by Crippen LogP contribution is 2.34. The molecule has 9 heteroatoms. The number of nitro groups is 1. The van der Waals surface area contributed by atoms with Crippen LogP contribution in [0.4, 0.5) is 11.4 Å². The maximum Gasteiger partial charge on any atom is 0.269 e. The van der Waals surface area contributed by atoms with Crippen molar-refractivity contribution in [2.75, 3.05) is 20.3 Å². The molecule has 33 heavy (non-hydrogen) atoms. The molecule has 168 valence electrons. The fraction of sp³-hybridized carbons (Fsp3) is 0.167. The highest BCUT2D eigenvalue weighted by molar-refractivity contribution is 8.18. The van der Waals surface area contributed by atoms with Gasteiger partial charge in [-0.25, -0.2) is 4.99 Å². The molecule has 8 nitrogen and oxygen atoms in total. The lowest BCUT2D eigenvalue weighted by Gasteiger charge is -2.15. The quantitative estimate of drug-likeness (QED) is 0.203. The fourth-order valence-corrected chi connectivity index (χ4v) is 4.39. The smallest absolute Gasteiger partial charge is 0.269 e. The Bertz CT molecular complexity index is 1200. The number of carbonyl (C=O) groups is 1. The molecule has 0 atom stereocenters. The van der Waals surface area contributed by atoms with Crippen LogP contribution < -0.4 is 0 Å². The zero-order valence-electron chi connectivity index (χ0n) is 18.0. The minimum atomic E-state index is -0.429. The molecule has 3 aromatic rings. The molecule has 0 saturated carbocycles. The molecular weight excluding hydrogens is 440 g/mol. The number of methoxy groups -OCH3 is 1. The van der Waals surface area contributed by atoms with Gasteiger partial charge in [0.05, 0.1) is 15.5 Å². The van der Waals surface area contributed by atoms with E-state index in [4.69, 9.17) is 4.74 Å². The zero-order valence-corrected chi connectivity index (χ0v) is 18.8. The lowest BCUT2D eigenvalue weighted by atomic mass is 10.2. The van der Waals surface area contributed by atoms with E-state index < -0.39 is 4.92 Å². The Balaban J connectivity index is 1.64. The molecule has 1 saturated heterocycles. The van der Waals surface area contributed by atoms with Gasteiger partial charge in [0.1, 0.15) is 0 Å². The Morgan fingerprint density at radius 2 is 1.85 bits per heavy atom. The Labute approximate surface area is 195 Å². The average Bonchev–Trinajstić information content (AvgIpc) is 3.40. The van der Waals surface area contributed by atoms with Crippen LogP contribution >= 0.6 is 11.8 Å². The number of aliphatic imine (C=N–C) groups is 1. The number of para-hydroxylation sites is 1.